The third-order valence-electron chi connectivity index (χ3n) is 4.42. The summed E-state index contributed by atoms with van der Waals surface area (Å²) in [5.74, 6) is 0.586. The fraction of sp³-hybridized carbons (Fsp3) is 0.364. The van der Waals surface area contributed by atoms with Crippen molar-refractivity contribution in [3.05, 3.63) is 65.9 Å². The Balaban J connectivity index is 0.00000320. The zero-order valence-electron chi connectivity index (χ0n) is 17.6. The molecule has 0 aliphatic heterocycles. The molecule has 2 aromatic heterocycles. The van der Waals surface area contributed by atoms with E-state index in [4.69, 9.17) is 9.72 Å². The fourth-order valence-electron chi connectivity index (χ4n) is 2.99. The van der Waals surface area contributed by atoms with E-state index in [1.807, 2.05) is 30.5 Å². The van der Waals surface area contributed by atoms with Crippen LogP contribution in [0.25, 0.3) is 5.65 Å². The first-order valence-electron chi connectivity index (χ1n) is 9.93. The van der Waals surface area contributed by atoms with Crippen LogP contribution < -0.4 is 15.4 Å². The number of aliphatic imine (C=N–C) groups is 1. The van der Waals surface area contributed by atoms with Crippen LogP contribution in [-0.4, -0.2) is 41.1 Å². The summed E-state index contributed by atoms with van der Waals surface area (Å²) in [6.45, 7) is 7.82. The van der Waals surface area contributed by atoms with Crippen LogP contribution in [0.15, 0.2) is 53.8 Å². The van der Waals surface area contributed by atoms with Crippen LogP contribution in [0, 0.1) is 12.7 Å². The van der Waals surface area contributed by atoms with Crippen molar-refractivity contribution >= 4 is 35.6 Å². The number of imidazole rings is 1. The summed E-state index contributed by atoms with van der Waals surface area (Å²) in [6, 6.07) is 10.5. The predicted octanol–water partition coefficient (Wildman–Crippen LogP) is 3.96. The molecule has 0 radical (unpaired) electrons. The number of aromatic nitrogens is 2. The molecule has 6 nitrogen and oxygen atoms in total. The standard InChI is InChI=1S/C22H28FN5O.HI/c1-4-24-22(26-14-17(3)29-20-10-6-5-9-19(20)23)25-12-11-18-15-28-13-7-8-16(2)21(28)27-18;/h5-10,13,15,17H,4,11-12,14H2,1-3H3,(H2,24,25,26);1H. The van der Waals surface area contributed by atoms with Crippen LogP contribution in [0.5, 0.6) is 5.75 Å². The number of nitrogens with zero attached hydrogens (tertiary/aromatic N) is 3. The van der Waals surface area contributed by atoms with Gasteiger partial charge in [-0.15, -0.1) is 24.0 Å². The number of fused-ring (bicyclic) bond motifs is 1. The minimum absolute atomic E-state index is 0. The molecule has 2 N–H and O–H groups in total. The minimum Gasteiger partial charge on any atom is -0.486 e. The maximum absolute atomic E-state index is 13.7. The molecule has 0 fully saturated rings. The molecule has 1 aromatic carbocycles. The Bertz CT molecular complexity index is 975. The van der Waals surface area contributed by atoms with Crippen LogP contribution in [-0.2, 0) is 6.42 Å². The van der Waals surface area contributed by atoms with Crippen molar-refractivity contribution in [2.45, 2.75) is 33.3 Å². The van der Waals surface area contributed by atoms with Gasteiger partial charge in [0.05, 0.1) is 12.2 Å². The lowest BCUT2D eigenvalue weighted by Gasteiger charge is -2.15. The number of ether oxygens (including phenoxy) is 1. The summed E-state index contributed by atoms with van der Waals surface area (Å²) in [4.78, 5) is 9.24. The Morgan fingerprint density at radius 2 is 2.03 bits per heavy atom. The Labute approximate surface area is 194 Å². The molecule has 0 spiro atoms. The Morgan fingerprint density at radius 1 is 1.23 bits per heavy atom. The van der Waals surface area contributed by atoms with E-state index in [1.54, 1.807) is 18.2 Å². The molecule has 3 rings (SSSR count). The topological polar surface area (TPSA) is 63.0 Å². The number of nitrogens with one attached hydrogen (secondary N) is 2. The van der Waals surface area contributed by atoms with Gasteiger partial charge >= 0.3 is 0 Å². The maximum atomic E-state index is 13.7. The number of hydrogen-bond donors (Lipinski definition) is 2. The van der Waals surface area contributed by atoms with Crippen LogP contribution in [0.4, 0.5) is 4.39 Å². The molecule has 0 amide bonds. The summed E-state index contributed by atoms with van der Waals surface area (Å²) in [6.07, 6.45) is 4.60. The van der Waals surface area contributed by atoms with E-state index in [0.717, 1.165) is 29.9 Å². The highest BCUT2D eigenvalue weighted by Gasteiger charge is 2.08. The summed E-state index contributed by atoms with van der Waals surface area (Å²) >= 11 is 0. The molecule has 1 atom stereocenters. The van der Waals surface area contributed by atoms with Crippen LogP contribution >= 0.6 is 24.0 Å². The fourth-order valence-corrected chi connectivity index (χ4v) is 2.99. The van der Waals surface area contributed by atoms with Crippen molar-refractivity contribution in [1.82, 2.24) is 20.0 Å². The SMILES string of the molecule is CCNC(=NCC(C)Oc1ccccc1F)NCCc1cn2cccc(C)c2n1.I. The van der Waals surface area contributed by atoms with Crippen molar-refractivity contribution in [2.75, 3.05) is 19.6 Å². The molecule has 3 aromatic rings. The van der Waals surface area contributed by atoms with Crippen molar-refractivity contribution < 1.29 is 9.13 Å². The van der Waals surface area contributed by atoms with Crippen molar-refractivity contribution in [3.63, 3.8) is 0 Å². The average Bonchev–Trinajstić information content (AvgIpc) is 3.12. The minimum atomic E-state index is -0.365. The number of pyridine rings is 1. The molecule has 0 bridgehead atoms. The van der Waals surface area contributed by atoms with Crippen molar-refractivity contribution in [1.29, 1.82) is 0 Å². The van der Waals surface area contributed by atoms with Gasteiger partial charge in [-0.2, -0.15) is 0 Å². The third-order valence-corrected chi connectivity index (χ3v) is 4.42. The van der Waals surface area contributed by atoms with Crippen molar-refractivity contribution in [3.8, 4) is 5.75 Å². The number of benzene rings is 1. The van der Waals surface area contributed by atoms with Gasteiger partial charge in [-0.05, 0) is 44.5 Å². The number of halogens is 2. The second-order valence-electron chi connectivity index (χ2n) is 6.91. The van der Waals surface area contributed by atoms with E-state index < -0.39 is 0 Å². The summed E-state index contributed by atoms with van der Waals surface area (Å²) in [5.41, 5.74) is 3.17. The summed E-state index contributed by atoms with van der Waals surface area (Å²) in [7, 11) is 0. The Morgan fingerprint density at radius 3 is 2.77 bits per heavy atom. The number of para-hydroxylation sites is 1. The van der Waals surface area contributed by atoms with E-state index >= 15 is 0 Å². The van der Waals surface area contributed by atoms with Crippen LogP contribution in [0.3, 0.4) is 0 Å². The van der Waals surface area contributed by atoms with Crippen molar-refractivity contribution in [2.24, 2.45) is 4.99 Å². The monoisotopic (exact) mass is 525 g/mol. The lowest BCUT2D eigenvalue weighted by atomic mass is 10.3. The quantitative estimate of drug-likeness (QED) is 0.266. The van der Waals surface area contributed by atoms with E-state index in [0.29, 0.717) is 19.0 Å². The highest BCUT2D eigenvalue weighted by molar-refractivity contribution is 14.0. The molecule has 0 aliphatic rings. The summed E-state index contributed by atoms with van der Waals surface area (Å²) in [5, 5.41) is 6.54. The van der Waals surface area contributed by atoms with E-state index in [-0.39, 0.29) is 41.6 Å². The molecule has 0 aliphatic carbocycles. The summed E-state index contributed by atoms with van der Waals surface area (Å²) < 4.78 is 21.4. The van der Waals surface area contributed by atoms with Gasteiger partial charge in [0.25, 0.3) is 0 Å². The number of hydrogen-bond acceptors (Lipinski definition) is 3. The highest BCUT2D eigenvalue weighted by Crippen LogP contribution is 2.17. The van der Waals surface area contributed by atoms with Gasteiger partial charge in [0.2, 0.25) is 0 Å². The molecule has 8 heteroatoms. The van der Waals surface area contributed by atoms with Crippen LogP contribution in [0.1, 0.15) is 25.1 Å². The maximum Gasteiger partial charge on any atom is 0.191 e. The molecular formula is C22H29FIN5O. The average molecular weight is 525 g/mol. The third kappa shape index (κ3) is 6.58. The highest BCUT2D eigenvalue weighted by atomic mass is 127. The zero-order valence-corrected chi connectivity index (χ0v) is 19.9. The van der Waals surface area contributed by atoms with Gasteiger partial charge in [-0.3, -0.25) is 0 Å². The molecule has 162 valence electrons. The number of aryl methyl sites for hydroxylation is 1. The molecule has 1 unspecified atom stereocenters. The van der Waals surface area contributed by atoms with Gasteiger partial charge < -0.3 is 19.8 Å². The molecular weight excluding hydrogens is 496 g/mol. The lowest BCUT2D eigenvalue weighted by Crippen LogP contribution is -2.39. The zero-order chi connectivity index (χ0) is 20.6. The van der Waals surface area contributed by atoms with E-state index in [2.05, 4.69) is 34.8 Å². The normalized spacial score (nSPS) is 12.3. The van der Waals surface area contributed by atoms with E-state index in [1.165, 1.54) is 6.07 Å². The Hall–Kier alpha value is -2.36. The number of rotatable bonds is 8. The second-order valence-corrected chi connectivity index (χ2v) is 6.91. The van der Waals surface area contributed by atoms with Gasteiger partial charge in [-0.1, -0.05) is 18.2 Å². The van der Waals surface area contributed by atoms with Gasteiger partial charge in [0, 0.05) is 31.9 Å². The first kappa shape index (κ1) is 23.9. The first-order valence-corrected chi connectivity index (χ1v) is 9.93. The lowest BCUT2D eigenvalue weighted by molar-refractivity contribution is 0.220. The molecule has 30 heavy (non-hydrogen) atoms. The largest absolute Gasteiger partial charge is 0.486 e. The molecule has 2 heterocycles. The van der Waals surface area contributed by atoms with Gasteiger partial charge in [0.1, 0.15) is 11.8 Å². The Kier molecular flexibility index (Phi) is 9.35. The van der Waals surface area contributed by atoms with Gasteiger partial charge in [-0.25, -0.2) is 14.4 Å². The van der Waals surface area contributed by atoms with Gasteiger partial charge in [0.15, 0.2) is 17.5 Å². The van der Waals surface area contributed by atoms with Crippen LogP contribution in [0.2, 0.25) is 0 Å². The first-order chi connectivity index (χ1) is 14.1. The predicted molar refractivity (Wildman–Crippen MR) is 130 cm³/mol. The van der Waals surface area contributed by atoms with E-state index in [9.17, 15) is 4.39 Å². The molecule has 0 saturated carbocycles. The second kappa shape index (κ2) is 11.7. The number of guanidine groups is 1. The molecule has 0 saturated heterocycles. The smallest absolute Gasteiger partial charge is 0.191 e.